The first-order valence-electron chi connectivity index (χ1n) is 18.6. The molecule has 6 aromatic carbocycles. The second-order valence-electron chi connectivity index (χ2n) is 15.5. The maximum Gasteiger partial charge on any atom is 0.164 e. The van der Waals surface area contributed by atoms with Gasteiger partial charge < -0.3 is 0 Å². The topological polar surface area (TPSA) is 51.6 Å². The molecular formula is C50H38N4. The van der Waals surface area contributed by atoms with Gasteiger partial charge >= 0.3 is 0 Å². The summed E-state index contributed by atoms with van der Waals surface area (Å²) >= 11 is 0. The lowest BCUT2D eigenvalue weighted by atomic mass is 9.81. The van der Waals surface area contributed by atoms with Crippen LogP contribution in [-0.4, -0.2) is 19.9 Å². The van der Waals surface area contributed by atoms with Crippen molar-refractivity contribution in [2.45, 2.75) is 38.5 Å². The van der Waals surface area contributed by atoms with E-state index < -0.39 is 0 Å². The van der Waals surface area contributed by atoms with Crippen LogP contribution in [0.4, 0.5) is 0 Å². The van der Waals surface area contributed by atoms with E-state index in [1.165, 1.54) is 50.1 Å². The number of pyridine rings is 1. The monoisotopic (exact) mass is 694 g/mol. The van der Waals surface area contributed by atoms with E-state index in [1.54, 1.807) is 0 Å². The van der Waals surface area contributed by atoms with Gasteiger partial charge in [0, 0.05) is 39.3 Å². The molecule has 0 spiro atoms. The van der Waals surface area contributed by atoms with E-state index in [0.29, 0.717) is 17.5 Å². The largest absolute Gasteiger partial charge is 0.256 e. The molecule has 4 nitrogen and oxygen atoms in total. The van der Waals surface area contributed by atoms with Crippen molar-refractivity contribution in [3.05, 3.63) is 180 Å². The molecule has 0 unspecified atom stereocenters. The zero-order valence-electron chi connectivity index (χ0n) is 30.8. The predicted octanol–water partition coefficient (Wildman–Crippen LogP) is 12.2. The van der Waals surface area contributed by atoms with Crippen LogP contribution in [0.15, 0.2) is 158 Å². The summed E-state index contributed by atoms with van der Waals surface area (Å²) in [7, 11) is 0. The van der Waals surface area contributed by atoms with Crippen LogP contribution >= 0.6 is 0 Å². The highest BCUT2D eigenvalue weighted by Crippen LogP contribution is 2.51. The van der Waals surface area contributed by atoms with Gasteiger partial charge in [-0.3, -0.25) is 4.98 Å². The van der Waals surface area contributed by atoms with Gasteiger partial charge in [-0.25, -0.2) is 15.0 Å². The van der Waals surface area contributed by atoms with Crippen LogP contribution in [0.25, 0.3) is 78.8 Å². The molecule has 0 aliphatic heterocycles. The lowest BCUT2D eigenvalue weighted by molar-refractivity contribution is 0.660. The molecule has 2 aliphatic carbocycles. The van der Waals surface area contributed by atoms with E-state index in [4.69, 9.17) is 15.0 Å². The zero-order valence-corrected chi connectivity index (χ0v) is 30.8. The average Bonchev–Trinajstić information content (AvgIpc) is 3.60. The summed E-state index contributed by atoms with van der Waals surface area (Å²) in [6, 6.07) is 54.0. The molecule has 0 bridgehead atoms. The number of aromatic nitrogens is 4. The SMILES string of the molecule is CC1(C)c2ccccc2-c2ccc(-c3ccc(-c4nc(-c5ccc(-c6ccccn6)cc5)nc(-c5ccc6c(c5)C(C)(C)c5ccccc5-6)n4)cc3)cc21. The fourth-order valence-electron chi connectivity index (χ4n) is 8.63. The summed E-state index contributed by atoms with van der Waals surface area (Å²) in [4.78, 5) is 19.9. The molecule has 0 atom stereocenters. The van der Waals surface area contributed by atoms with E-state index in [-0.39, 0.29) is 10.8 Å². The van der Waals surface area contributed by atoms with Gasteiger partial charge in [0.1, 0.15) is 0 Å². The molecule has 258 valence electrons. The predicted molar refractivity (Wildman–Crippen MR) is 220 cm³/mol. The summed E-state index contributed by atoms with van der Waals surface area (Å²) in [5.74, 6) is 1.93. The minimum Gasteiger partial charge on any atom is -0.256 e. The summed E-state index contributed by atoms with van der Waals surface area (Å²) in [6.07, 6.45) is 1.82. The van der Waals surface area contributed by atoms with E-state index in [0.717, 1.165) is 33.5 Å². The van der Waals surface area contributed by atoms with Crippen molar-refractivity contribution in [1.29, 1.82) is 0 Å². The first kappa shape index (κ1) is 32.2. The molecular weight excluding hydrogens is 657 g/mol. The van der Waals surface area contributed by atoms with E-state index in [9.17, 15) is 0 Å². The quantitative estimate of drug-likeness (QED) is 0.180. The van der Waals surface area contributed by atoms with Crippen molar-refractivity contribution in [3.8, 4) is 78.8 Å². The standard InChI is InChI=1S/C50H38N4/c1-49(2)41-13-7-5-11-37(41)39-26-24-35(29-43(39)49)31-16-20-33(21-17-31)46-52-47(34-22-18-32(19-23-34)45-15-9-10-28-51-45)54-48(53-46)36-25-27-40-38-12-6-8-14-42(38)50(3,4)44(40)30-36/h5-30H,1-4H3. The van der Waals surface area contributed by atoms with Crippen molar-refractivity contribution >= 4 is 0 Å². The van der Waals surface area contributed by atoms with Gasteiger partial charge in [0.25, 0.3) is 0 Å². The molecule has 4 heteroatoms. The lowest BCUT2D eigenvalue weighted by Crippen LogP contribution is -2.15. The first-order valence-corrected chi connectivity index (χ1v) is 18.6. The number of fused-ring (bicyclic) bond motifs is 6. The number of hydrogen-bond acceptors (Lipinski definition) is 4. The van der Waals surface area contributed by atoms with Crippen molar-refractivity contribution in [1.82, 2.24) is 19.9 Å². The summed E-state index contributed by atoms with van der Waals surface area (Å²) < 4.78 is 0. The van der Waals surface area contributed by atoms with Gasteiger partial charge in [-0.2, -0.15) is 0 Å². The third-order valence-electron chi connectivity index (χ3n) is 11.6. The van der Waals surface area contributed by atoms with Gasteiger partial charge in [-0.05, 0) is 79.9 Å². The Labute approximate surface area is 316 Å². The number of rotatable bonds is 5. The van der Waals surface area contributed by atoms with Crippen molar-refractivity contribution < 1.29 is 0 Å². The highest BCUT2D eigenvalue weighted by molar-refractivity contribution is 5.85. The Kier molecular flexibility index (Phi) is 7.15. The molecule has 10 rings (SSSR count). The molecule has 2 aliphatic rings. The van der Waals surface area contributed by atoms with Gasteiger partial charge in [0.05, 0.1) is 5.69 Å². The molecule has 0 saturated heterocycles. The third-order valence-corrected chi connectivity index (χ3v) is 11.6. The molecule has 2 heterocycles. The minimum absolute atomic E-state index is 0.0507. The number of benzene rings is 6. The number of nitrogens with zero attached hydrogens (tertiary/aromatic N) is 4. The zero-order chi connectivity index (χ0) is 36.6. The van der Waals surface area contributed by atoms with Crippen molar-refractivity contribution in [3.63, 3.8) is 0 Å². The average molecular weight is 695 g/mol. The first-order chi connectivity index (χ1) is 26.3. The van der Waals surface area contributed by atoms with Gasteiger partial charge in [0.2, 0.25) is 0 Å². The Morgan fingerprint density at radius 2 is 0.741 bits per heavy atom. The van der Waals surface area contributed by atoms with Crippen LogP contribution in [0.1, 0.15) is 49.9 Å². The van der Waals surface area contributed by atoms with E-state index in [2.05, 4.69) is 166 Å². The van der Waals surface area contributed by atoms with E-state index >= 15 is 0 Å². The normalized spacial score (nSPS) is 14.2. The Morgan fingerprint density at radius 1 is 0.333 bits per heavy atom. The molecule has 0 fully saturated rings. The van der Waals surface area contributed by atoms with Crippen LogP contribution < -0.4 is 0 Å². The van der Waals surface area contributed by atoms with Gasteiger partial charge in [-0.1, -0.05) is 155 Å². The number of hydrogen-bond donors (Lipinski definition) is 0. The van der Waals surface area contributed by atoms with Crippen molar-refractivity contribution in [2.24, 2.45) is 0 Å². The molecule has 0 saturated carbocycles. The molecule has 0 amide bonds. The van der Waals surface area contributed by atoms with Gasteiger partial charge in [-0.15, -0.1) is 0 Å². The Balaban J connectivity index is 1.05. The molecule has 2 aromatic heterocycles. The Hall–Kier alpha value is -6.52. The Bertz CT molecular complexity index is 2740. The second kappa shape index (κ2) is 12.0. The highest BCUT2D eigenvalue weighted by atomic mass is 15.0. The minimum atomic E-state index is -0.132. The highest BCUT2D eigenvalue weighted by Gasteiger charge is 2.36. The summed E-state index contributed by atoms with van der Waals surface area (Å²) in [5.41, 5.74) is 17.6. The molecule has 8 aromatic rings. The van der Waals surface area contributed by atoms with E-state index in [1.807, 2.05) is 24.4 Å². The smallest absolute Gasteiger partial charge is 0.164 e. The van der Waals surface area contributed by atoms with Crippen LogP contribution in [0.2, 0.25) is 0 Å². The van der Waals surface area contributed by atoms with Crippen LogP contribution in [0, 0.1) is 0 Å². The fraction of sp³-hybridized carbons (Fsp3) is 0.120. The fourth-order valence-corrected chi connectivity index (χ4v) is 8.63. The summed E-state index contributed by atoms with van der Waals surface area (Å²) in [6.45, 7) is 9.26. The van der Waals surface area contributed by atoms with Crippen LogP contribution in [0.3, 0.4) is 0 Å². The van der Waals surface area contributed by atoms with Gasteiger partial charge in [0.15, 0.2) is 17.5 Å². The van der Waals surface area contributed by atoms with Crippen LogP contribution in [-0.2, 0) is 10.8 Å². The maximum absolute atomic E-state index is 5.15. The maximum atomic E-state index is 5.15. The molecule has 54 heavy (non-hydrogen) atoms. The second-order valence-corrected chi connectivity index (χ2v) is 15.5. The van der Waals surface area contributed by atoms with Crippen molar-refractivity contribution in [2.75, 3.05) is 0 Å². The molecule has 0 N–H and O–H groups in total. The molecule has 0 radical (unpaired) electrons. The Morgan fingerprint density at radius 3 is 1.28 bits per heavy atom. The third kappa shape index (κ3) is 5.05. The van der Waals surface area contributed by atoms with Crippen LogP contribution in [0.5, 0.6) is 0 Å². The lowest BCUT2D eigenvalue weighted by Gasteiger charge is -2.22. The summed E-state index contributed by atoms with van der Waals surface area (Å²) in [5, 5.41) is 0.